The van der Waals surface area contributed by atoms with Crippen molar-refractivity contribution in [3.63, 3.8) is 0 Å². The Bertz CT molecular complexity index is 213. The maximum absolute atomic E-state index is 11.5. The van der Waals surface area contributed by atoms with Gasteiger partial charge in [0.1, 0.15) is 5.60 Å². The molecule has 1 atom stereocenters. The molecule has 0 bridgehead atoms. The molecule has 0 heterocycles. The van der Waals surface area contributed by atoms with Gasteiger partial charge in [-0.25, -0.2) is 4.79 Å². The Hall–Kier alpha value is -0.440. The fraction of sp³-hybridized carbons (Fsp3) is 0.909. The van der Waals surface area contributed by atoms with Gasteiger partial charge in [-0.15, -0.1) is 11.6 Å². The summed E-state index contributed by atoms with van der Waals surface area (Å²) in [5.41, 5.74) is -0.732. The summed E-state index contributed by atoms with van der Waals surface area (Å²) in [5.74, 6) is 0.528. The molecule has 0 aromatic carbocycles. The number of hydrogen-bond acceptors (Lipinski definition) is 2. The van der Waals surface area contributed by atoms with E-state index in [4.69, 9.17) is 16.3 Å². The summed E-state index contributed by atoms with van der Waals surface area (Å²) < 4.78 is 5.19. The first-order chi connectivity index (χ1) is 6.72. The lowest BCUT2D eigenvalue weighted by Crippen LogP contribution is -2.47. The Kier molecular flexibility index (Phi) is 5.43. The molecule has 90 valence electrons. The molecule has 3 nitrogen and oxygen atoms in total. The van der Waals surface area contributed by atoms with Gasteiger partial charge < -0.3 is 10.1 Å². The highest BCUT2D eigenvalue weighted by atomic mass is 35.5. The quantitative estimate of drug-likeness (QED) is 0.760. The van der Waals surface area contributed by atoms with Crippen LogP contribution in [0.3, 0.4) is 0 Å². The van der Waals surface area contributed by atoms with Crippen LogP contribution in [0.4, 0.5) is 4.79 Å². The minimum absolute atomic E-state index is 0.274. The van der Waals surface area contributed by atoms with Gasteiger partial charge in [0.15, 0.2) is 0 Å². The number of hydrogen-bond donors (Lipinski definition) is 1. The van der Waals surface area contributed by atoms with Gasteiger partial charge in [0.2, 0.25) is 0 Å². The summed E-state index contributed by atoms with van der Waals surface area (Å²) >= 11 is 5.69. The molecular formula is C11H22ClNO2. The SMILES string of the molecule is CCC(C)(CCCl)NC(=O)OC(C)(C)C. The summed E-state index contributed by atoms with van der Waals surface area (Å²) in [5, 5.41) is 2.85. The van der Waals surface area contributed by atoms with Gasteiger partial charge in [-0.3, -0.25) is 0 Å². The second-order valence-corrected chi connectivity index (χ2v) is 5.36. The largest absolute Gasteiger partial charge is 0.444 e. The van der Waals surface area contributed by atoms with Crippen LogP contribution < -0.4 is 5.32 Å². The lowest BCUT2D eigenvalue weighted by molar-refractivity contribution is 0.0458. The highest BCUT2D eigenvalue weighted by Gasteiger charge is 2.26. The minimum Gasteiger partial charge on any atom is -0.444 e. The van der Waals surface area contributed by atoms with E-state index < -0.39 is 5.60 Å². The van der Waals surface area contributed by atoms with E-state index in [0.29, 0.717) is 5.88 Å². The molecule has 1 unspecified atom stereocenters. The van der Waals surface area contributed by atoms with Gasteiger partial charge in [-0.05, 0) is 40.5 Å². The summed E-state index contributed by atoms with van der Waals surface area (Å²) in [6.45, 7) is 9.52. The number of nitrogens with one attached hydrogen (secondary N) is 1. The van der Waals surface area contributed by atoms with Crippen molar-refractivity contribution in [3.8, 4) is 0 Å². The number of alkyl halides is 1. The summed E-state index contributed by atoms with van der Waals surface area (Å²) in [6.07, 6.45) is 1.19. The normalized spacial score (nSPS) is 15.6. The van der Waals surface area contributed by atoms with Gasteiger partial charge in [0.05, 0.1) is 0 Å². The lowest BCUT2D eigenvalue weighted by Gasteiger charge is -2.30. The van der Waals surface area contributed by atoms with Crippen LogP contribution in [0.25, 0.3) is 0 Å². The first-order valence-corrected chi connectivity index (χ1v) is 5.83. The molecule has 1 amide bonds. The van der Waals surface area contributed by atoms with E-state index >= 15 is 0 Å². The van der Waals surface area contributed by atoms with Gasteiger partial charge in [-0.1, -0.05) is 6.92 Å². The first kappa shape index (κ1) is 14.6. The van der Waals surface area contributed by atoms with Crippen LogP contribution in [0.15, 0.2) is 0 Å². The van der Waals surface area contributed by atoms with Crippen LogP contribution in [0.2, 0.25) is 0 Å². The average molecular weight is 236 g/mol. The molecule has 0 saturated carbocycles. The topological polar surface area (TPSA) is 38.3 Å². The molecule has 0 saturated heterocycles. The predicted octanol–water partition coefficient (Wildman–Crippen LogP) is 3.31. The summed E-state index contributed by atoms with van der Waals surface area (Å²) in [7, 11) is 0. The van der Waals surface area contributed by atoms with Crippen LogP contribution in [0.1, 0.15) is 47.5 Å². The molecule has 0 aromatic heterocycles. The summed E-state index contributed by atoms with van der Waals surface area (Å²) in [4.78, 5) is 11.5. The number of alkyl carbamates (subject to hydrolysis) is 1. The van der Waals surface area contributed by atoms with Crippen LogP contribution >= 0.6 is 11.6 Å². The number of rotatable bonds is 4. The molecule has 4 heteroatoms. The van der Waals surface area contributed by atoms with Crippen LogP contribution in [0.5, 0.6) is 0 Å². The van der Waals surface area contributed by atoms with Gasteiger partial charge >= 0.3 is 6.09 Å². The fourth-order valence-electron chi connectivity index (χ4n) is 1.09. The van der Waals surface area contributed by atoms with Crippen molar-refractivity contribution in [2.45, 2.75) is 58.6 Å². The van der Waals surface area contributed by atoms with Crippen LogP contribution in [-0.2, 0) is 4.74 Å². The maximum Gasteiger partial charge on any atom is 0.408 e. The predicted molar refractivity (Wildman–Crippen MR) is 63.4 cm³/mol. The molecule has 0 rings (SSSR count). The minimum atomic E-state index is -0.459. The summed E-state index contributed by atoms with van der Waals surface area (Å²) in [6, 6.07) is 0. The van der Waals surface area contributed by atoms with E-state index in [0.717, 1.165) is 12.8 Å². The van der Waals surface area contributed by atoms with Crippen molar-refractivity contribution in [1.82, 2.24) is 5.32 Å². The highest BCUT2D eigenvalue weighted by molar-refractivity contribution is 6.17. The number of carbonyl (C=O) groups excluding carboxylic acids is 1. The van der Waals surface area contributed by atoms with E-state index in [-0.39, 0.29) is 11.6 Å². The zero-order valence-electron chi connectivity index (χ0n) is 10.3. The molecule has 0 radical (unpaired) electrons. The smallest absolute Gasteiger partial charge is 0.408 e. The molecule has 0 fully saturated rings. The van der Waals surface area contributed by atoms with E-state index in [1.54, 1.807) is 0 Å². The van der Waals surface area contributed by atoms with Crippen molar-refractivity contribution >= 4 is 17.7 Å². The third-order valence-corrected chi connectivity index (χ3v) is 2.42. The van der Waals surface area contributed by atoms with Gasteiger partial charge in [-0.2, -0.15) is 0 Å². The third kappa shape index (κ3) is 6.61. The Labute approximate surface area is 97.5 Å². The van der Waals surface area contributed by atoms with Crippen molar-refractivity contribution in [1.29, 1.82) is 0 Å². The Balaban J connectivity index is 4.24. The molecule has 0 aliphatic carbocycles. The van der Waals surface area contributed by atoms with Crippen LogP contribution in [0, 0.1) is 0 Å². The lowest BCUT2D eigenvalue weighted by atomic mass is 9.96. The number of amides is 1. The fourth-order valence-corrected chi connectivity index (χ4v) is 1.50. The van der Waals surface area contributed by atoms with Crippen molar-refractivity contribution in [3.05, 3.63) is 0 Å². The van der Waals surface area contributed by atoms with E-state index in [1.807, 2.05) is 34.6 Å². The number of halogens is 1. The van der Waals surface area contributed by atoms with E-state index in [9.17, 15) is 4.79 Å². The van der Waals surface area contributed by atoms with Crippen molar-refractivity contribution < 1.29 is 9.53 Å². The standard InChI is InChI=1S/C11H22ClNO2/c1-6-11(5,7-8-12)13-9(14)15-10(2,3)4/h6-8H2,1-5H3,(H,13,14). The second-order valence-electron chi connectivity index (χ2n) is 4.98. The van der Waals surface area contributed by atoms with Crippen molar-refractivity contribution in [2.75, 3.05) is 5.88 Å². The molecular weight excluding hydrogens is 214 g/mol. The first-order valence-electron chi connectivity index (χ1n) is 5.29. The maximum atomic E-state index is 11.5. The van der Waals surface area contributed by atoms with Gasteiger partial charge in [0, 0.05) is 11.4 Å². The second kappa shape index (κ2) is 5.59. The monoisotopic (exact) mass is 235 g/mol. The Morgan fingerprint density at radius 1 is 1.33 bits per heavy atom. The van der Waals surface area contributed by atoms with Crippen molar-refractivity contribution in [2.24, 2.45) is 0 Å². The molecule has 0 aliphatic rings. The highest BCUT2D eigenvalue weighted by Crippen LogP contribution is 2.16. The zero-order chi connectivity index (χ0) is 12.1. The molecule has 0 aliphatic heterocycles. The molecule has 1 N–H and O–H groups in total. The molecule has 0 aromatic rings. The molecule has 15 heavy (non-hydrogen) atoms. The number of carbonyl (C=O) groups is 1. The Morgan fingerprint density at radius 2 is 1.87 bits per heavy atom. The Morgan fingerprint density at radius 3 is 2.20 bits per heavy atom. The van der Waals surface area contributed by atoms with E-state index in [1.165, 1.54) is 0 Å². The average Bonchev–Trinajstić information content (AvgIpc) is 2.00. The zero-order valence-corrected chi connectivity index (χ0v) is 11.1. The third-order valence-electron chi connectivity index (χ3n) is 2.23. The van der Waals surface area contributed by atoms with Gasteiger partial charge in [0.25, 0.3) is 0 Å². The van der Waals surface area contributed by atoms with Crippen LogP contribution in [-0.4, -0.2) is 23.1 Å². The molecule has 0 spiro atoms. The number of ether oxygens (including phenoxy) is 1. The van der Waals surface area contributed by atoms with E-state index in [2.05, 4.69) is 5.32 Å².